The van der Waals surface area contributed by atoms with Gasteiger partial charge in [-0.1, -0.05) is 17.7 Å². The Labute approximate surface area is 164 Å². The molecule has 0 atom stereocenters. The number of carbonyl (C=O) groups is 1. The van der Waals surface area contributed by atoms with E-state index in [1.54, 1.807) is 18.3 Å². The Morgan fingerprint density at radius 2 is 2.00 bits per heavy atom. The van der Waals surface area contributed by atoms with Crippen LogP contribution in [0.3, 0.4) is 0 Å². The number of amides is 1. The Morgan fingerprint density at radius 3 is 2.71 bits per heavy atom. The fourth-order valence-corrected chi connectivity index (χ4v) is 2.96. The maximum atomic E-state index is 12.9. The van der Waals surface area contributed by atoms with Crippen LogP contribution in [0.2, 0.25) is 5.02 Å². The third kappa shape index (κ3) is 5.02. The number of nitrogens with zero attached hydrogens (tertiary/aromatic N) is 2. The lowest BCUT2D eigenvalue weighted by molar-refractivity contribution is -0.137. The Morgan fingerprint density at radius 1 is 1.25 bits per heavy atom. The van der Waals surface area contributed by atoms with Crippen LogP contribution in [0.5, 0.6) is 0 Å². The number of anilines is 2. The molecule has 0 bridgehead atoms. The summed E-state index contributed by atoms with van der Waals surface area (Å²) in [7, 11) is 0. The van der Waals surface area contributed by atoms with Crippen molar-refractivity contribution in [2.24, 2.45) is 0 Å². The highest BCUT2D eigenvalue weighted by molar-refractivity contribution is 6.31. The summed E-state index contributed by atoms with van der Waals surface area (Å²) >= 11 is 5.60. The number of carbonyl (C=O) groups excluding carboxylic acids is 1. The number of benzene rings is 1. The van der Waals surface area contributed by atoms with E-state index < -0.39 is 17.6 Å². The summed E-state index contributed by atoms with van der Waals surface area (Å²) in [6.45, 7) is 2.45. The molecule has 1 fully saturated rings. The van der Waals surface area contributed by atoms with Crippen LogP contribution >= 0.6 is 11.6 Å². The van der Waals surface area contributed by atoms with Crippen LogP contribution in [0.25, 0.3) is 6.08 Å². The molecule has 1 saturated heterocycles. The van der Waals surface area contributed by atoms with E-state index in [0.29, 0.717) is 37.8 Å². The second kappa shape index (κ2) is 8.62. The highest BCUT2D eigenvalue weighted by atomic mass is 35.5. The first kappa shape index (κ1) is 20.2. The molecule has 1 aromatic heterocycles. The van der Waals surface area contributed by atoms with E-state index in [1.165, 1.54) is 18.2 Å². The fourth-order valence-electron chi connectivity index (χ4n) is 2.73. The van der Waals surface area contributed by atoms with E-state index in [9.17, 15) is 18.0 Å². The number of nitrogens with one attached hydrogen (secondary N) is 1. The number of pyridine rings is 1. The van der Waals surface area contributed by atoms with Crippen LogP contribution < -0.4 is 10.2 Å². The second-order valence-electron chi connectivity index (χ2n) is 6.03. The number of aromatic nitrogens is 1. The van der Waals surface area contributed by atoms with E-state index in [-0.39, 0.29) is 10.6 Å². The van der Waals surface area contributed by atoms with Gasteiger partial charge in [0.05, 0.1) is 29.5 Å². The van der Waals surface area contributed by atoms with Crippen molar-refractivity contribution in [3.63, 3.8) is 0 Å². The predicted octanol–water partition coefficient (Wildman–Crippen LogP) is 4.24. The van der Waals surface area contributed by atoms with Crippen molar-refractivity contribution in [3.05, 3.63) is 58.8 Å². The minimum absolute atomic E-state index is 0.214. The summed E-state index contributed by atoms with van der Waals surface area (Å²) in [5, 5.41) is 2.33. The van der Waals surface area contributed by atoms with Crippen LogP contribution in [0.4, 0.5) is 24.7 Å². The smallest absolute Gasteiger partial charge is 0.378 e. The van der Waals surface area contributed by atoms with Crippen LogP contribution in [0.15, 0.2) is 42.6 Å². The minimum atomic E-state index is -4.56. The minimum Gasteiger partial charge on any atom is -0.378 e. The van der Waals surface area contributed by atoms with Crippen molar-refractivity contribution in [1.82, 2.24) is 4.98 Å². The highest BCUT2D eigenvalue weighted by Gasteiger charge is 2.33. The highest BCUT2D eigenvalue weighted by Crippen LogP contribution is 2.35. The molecule has 9 heteroatoms. The van der Waals surface area contributed by atoms with E-state index in [2.05, 4.69) is 10.3 Å². The quantitative estimate of drug-likeness (QED) is 0.764. The molecule has 0 aliphatic carbocycles. The van der Waals surface area contributed by atoms with Gasteiger partial charge in [-0.25, -0.2) is 4.98 Å². The topological polar surface area (TPSA) is 54.5 Å². The molecule has 148 valence electrons. The van der Waals surface area contributed by atoms with Gasteiger partial charge in [0.25, 0.3) is 0 Å². The lowest BCUT2D eigenvalue weighted by Gasteiger charge is -2.29. The molecule has 0 radical (unpaired) electrons. The number of hydrogen-bond donors (Lipinski definition) is 1. The third-order valence-corrected chi connectivity index (χ3v) is 4.41. The fraction of sp³-hybridized carbons (Fsp3) is 0.263. The Balaban J connectivity index is 1.73. The van der Waals surface area contributed by atoms with Crippen LogP contribution in [0, 0.1) is 0 Å². The van der Waals surface area contributed by atoms with E-state index >= 15 is 0 Å². The largest absolute Gasteiger partial charge is 0.417 e. The molecule has 1 aromatic carbocycles. The summed E-state index contributed by atoms with van der Waals surface area (Å²) in [5.74, 6) is 0.143. The lowest BCUT2D eigenvalue weighted by Crippen LogP contribution is -2.37. The lowest BCUT2D eigenvalue weighted by atomic mass is 10.1. The van der Waals surface area contributed by atoms with Gasteiger partial charge < -0.3 is 15.0 Å². The van der Waals surface area contributed by atoms with Gasteiger partial charge in [-0.15, -0.1) is 0 Å². The van der Waals surface area contributed by atoms with E-state index in [1.807, 2.05) is 4.90 Å². The normalized spacial score (nSPS) is 15.1. The molecule has 1 amide bonds. The first-order valence-corrected chi connectivity index (χ1v) is 8.86. The number of ether oxygens (including phenoxy) is 1. The van der Waals surface area contributed by atoms with Crippen molar-refractivity contribution in [1.29, 1.82) is 0 Å². The summed E-state index contributed by atoms with van der Waals surface area (Å²) in [4.78, 5) is 18.6. The summed E-state index contributed by atoms with van der Waals surface area (Å²) in [6.07, 6.45) is -0.472. The predicted molar refractivity (Wildman–Crippen MR) is 101 cm³/mol. The molecule has 2 heterocycles. The van der Waals surface area contributed by atoms with Crippen molar-refractivity contribution in [3.8, 4) is 0 Å². The van der Waals surface area contributed by atoms with Gasteiger partial charge >= 0.3 is 6.18 Å². The Hall–Kier alpha value is -2.58. The number of alkyl halides is 3. The molecule has 1 aliphatic heterocycles. The molecule has 1 N–H and O–H groups in total. The first-order valence-electron chi connectivity index (χ1n) is 8.48. The molecular weight excluding hydrogens is 395 g/mol. The van der Waals surface area contributed by atoms with Crippen molar-refractivity contribution < 1.29 is 22.7 Å². The molecule has 3 rings (SSSR count). The molecule has 28 heavy (non-hydrogen) atoms. The molecule has 1 aliphatic rings. The molecule has 0 saturated carbocycles. The van der Waals surface area contributed by atoms with Gasteiger partial charge in [0.2, 0.25) is 5.91 Å². The van der Waals surface area contributed by atoms with Gasteiger partial charge in [-0.05, 0) is 35.9 Å². The zero-order valence-electron chi connectivity index (χ0n) is 14.7. The van der Waals surface area contributed by atoms with Crippen LogP contribution in [-0.4, -0.2) is 37.2 Å². The van der Waals surface area contributed by atoms with Gasteiger partial charge in [0, 0.05) is 25.4 Å². The molecule has 0 unspecified atom stereocenters. The van der Waals surface area contributed by atoms with Gasteiger partial charge in [0.1, 0.15) is 0 Å². The van der Waals surface area contributed by atoms with E-state index in [0.717, 1.165) is 12.1 Å². The maximum Gasteiger partial charge on any atom is 0.417 e. The van der Waals surface area contributed by atoms with Crippen LogP contribution in [-0.2, 0) is 15.7 Å². The Bertz CT molecular complexity index is 881. The second-order valence-corrected chi connectivity index (χ2v) is 6.44. The Kier molecular flexibility index (Phi) is 6.21. The average Bonchev–Trinajstić information content (AvgIpc) is 2.67. The standard InChI is InChI=1S/C19H17ClF3N3O2/c20-15-5-3-13(12-14(15)19(21,22)23)4-6-17(27)25-16-2-1-7-24-18(16)26-8-10-28-11-9-26/h1-7,12H,8-11H2,(H,25,27). The van der Waals surface area contributed by atoms with Gasteiger partial charge in [-0.2, -0.15) is 13.2 Å². The third-order valence-electron chi connectivity index (χ3n) is 4.08. The number of rotatable bonds is 4. The zero-order chi connectivity index (χ0) is 20.1. The number of halogens is 4. The van der Waals surface area contributed by atoms with Crippen LogP contribution in [0.1, 0.15) is 11.1 Å². The monoisotopic (exact) mass is 411 g/mol. The first-order chi connectivity index (χ1) is 13.3. The molecule has 0 spiro atoms. The van der Waals surface area contributed by atoms with Crippen molar-refractivity contribution >= 4 is 35.1 Å². The summed E-state index contributed by atoms with van der Waals surface area (Å²) in [6, 6.07) is 6.87. The van der Waals surface area contributed by atoms with Gasteiger partial charge in [0.15, 0.2) is 5.82 Å². The van der Waals surface area contributed by atoms with Gasteiger partial charge in [-0.3, -0.25) is 4.79 Å². The molecular formula is C19H17ClF3N3O2. The van der Waals surface area contributed by atoms with Crippen molar-refractivity contribution in [2.45, 2.75) is 6.18 Å². The summed E-state index contributed by atoms with van der Waals surface area (Å²) in [5.41, 5.74) is -0.212. The average molecular weight is 412 g/mol. The molecule has 2 aromatic rings. The van der Waals surface area contributed by atoms with Crippen molar-refractivity contribution in [2.75, 3.05) is 36.5 Å². The summed E-state index contributed by atoms with van der Waals surface area (Å²) < 4.78 is 44.1. The van der Waals surface area contributed by atoms with E-state index in [4.69, 9.17) is 16.3 Å². The number of morpholine rings is 1. The number of hydrogen-bond acceptors (Lipinski definition) is 4. The molecule has 5 nitrogen and oxygen atoms in total. The zero-order valence-corrected chi connectivity index (χ0v) is 15.4. The maximum absolute atomic E-state index is 12.9. The SMILES string of the molecule is O=C(C=Cc1ccc(Cl)c(C(F)(F)F)c1)Nc1cccnc1N1CCOCC1.